The summed E-state index contributed by atoms with van der Waals surface area (Å²) < 4.78 is 10.9. The number of morpholine rings is 1. The lowest BCUT2D eigenvalue weighted by Crippen LogP contribution is -2.36. The zero-order valence-electron chi connectivity index (χ0n) is 16.1. The van der Waals surface area contributed by atoms with Gasteiger partial charge in [0.15, 0.2) is 0 Å². The number of ether oxygens (including phenoxy) is 1. The number of anilines is 2. The summed E-state index contributed by atoms with van der Waals surface area (Å²) in [5, 5.41) is 3.92. The first-order chi connectivity index (χ1) is 13.6. The number of hydrogen-bond acceptors (Lipinski definition) is 5. The van der Waals surface area contributed by atoms with Gasteiger partial charge in [0, 0.05) is 30.2 Å². The van der Waals surface area contributed by atoms with Gasteiger partial charge in [-0.15, -0.1) is 0 Å². The number of amides is 1. The van der Waals surface area contributed by atoms with E-state index in [0.29, 0.717) is 5.76 Å². The fraction of sp³-hybridized carbons (Fsp3) is 0.273. The van der Waals surface area contributed by atoms with Crippen LogP contribution in [-0.2, 0) is 9.53 Å². The highest BCUT2D eigenvalue weighted by atomic mass is 16.5. The van der Waals surface area contributed by atoms with Crippen molar-refractivity contribution in [2.45, 2.75) is 13.8 Å². The SMILES string of the molecule is Cc1ccc(C=CC(=O)Nc2ccc3nc(N4CCOCC4)cc(C)c3c2)o1. The molecule has 1 fully saturated rings. The van der Waals surface area contributed by atoms with Crippen LogP contribution in [0.4, 0.5) is 11.5 Å². The summed E-state index contributed by atoms with van der Waals surface area (Å²) in [7, 11) is 0. The van der Waals surface area contributed by atoms with Crippen LogP contribution in [-0.4, -0.2) is 37.2 Å². The van der Waals surface area contributed by atoms with Crippen molar-refractivity contribution in [1.29, 1.82) is 0 Å². The third-order valence-corrected chi connectivity index (χ3v) is 4.76. The average molecular weight is 377 g/mol. The van der Waals surface area contributed by atoms with E-state index in [1.165, 1.54) is 6.08 Å². The number of aromatic nitrogens is 1. The molecule has 1 amide bonds. The summed E-state index contributed by atoms with van der Waals surface area (Å²) in [4.78, 5) is 19.2. The normalized spacial score (nSPS) is 14.7. The zero-order valence-corrected chi connectivity index (χ0v) is 16.1. The highest BCUT2D eigenvalue weighted by molar-refractivity contribution is 6.03. The highest BCUT2D eigenvalue weighted by Gasteiger charge is 2.14. The summed E-state index contributed by atoms with van der Waals surface area (Å²) in [6.07, 6.45) is 3.12. The number of pyridine rings is 1. The predicted octanol–water partition coefficient (Wildman–Crippen LogP) is 3.93. The quantitative estimate of drug-likeness (QED) is 0.698. The summed E-state index contributed by atoms with van der Waals surface area (Å²) in [6, 6.07) is 11.6. The molecule has 3 heterocycles. The molecule has 6 heteroatoms. The van der Waals surface area contributed by atoms with E-state index in [1.54, 1.807) is 6.08 Å². The zero-order chi connectivity index (χ0) is 19.5. The van der Waals surface area contributed by atoms with E-state index in [9.17, 15) is 4.79 Å². The monoisotopic (exact) mass is 377 g/mol. The van der Waals surface area contributed by atoms with Crippen LogP contribution in [0.15, 0.2) is 46.9 Å². The molecule has 0 spiro atoms. The van der Waals surface area contributed by atoms with Crippen LogP contribution in [0.3, 0.4) is 0 Å². The number of nitrogens with zero attached hydrogens (tertiary/aromatic N) is 2. The molecule has 0 unspecified atom stereocenters. The van der Waals surface area contributed by atoms with Gasteiger partial charge >= 0.3 is 0 Å². The minimum absolute atomic E-state index is 0.205. The summed E-state index contributed by atoms with van der Waals surface area (Å²) in [6.45, 7) is 7.11. The molecular weight excluding hydrogens is 354 g/mol. The number of nitrogens with one attached hydrogen (secondary N) is 1. The van der Waals surface area contributed by atoms with Gasteiger partial charge in [-0.2, -0.15) is 0 Å². The Kier molecular flexibility index (Phi) is 5.12. The lowest BCUT2D eigenvalue weighted by atomic mass is 10.1. The molecule has 1 N–H and O–H groups in total. The third-order valence-electron chi connectivity index (χ3n) is 4.76. The van der Waals surface area contributed by atoms with Gasteiger partial charge in [-0.05, 0) is 61.9 Å². The Balaban J connectivity index is 1.51. The van der Waals surface area contributed by atoms with Gasteiger partial charge in [-0.25, -0.2) is 4.98 Å². The summed E-state index contributed by atoms with van der Waals surface area (Å²) in [5.74, 6) is 2.24. The van der Waals surface area contributed by atoms with Crippen molar-refractivity contribution in [2.75, 3.05) is 36.5 Å². The van der Waals surface area contributed by atoms with E-state index in [4.69, 9.17) is 14.1 Å². The molecule has 2 aromatic heterocycles. The van der Waals surface area contributed by atoms with E-state index in [-0.39, 0.29) is 5.91 Å². The van der Waals surface area contributed by atoms with Gasteiger partial charge in [-0.1, -0.05) is 0 Å². The number of furan rings is 1. The van der Waals surface area contributed by atoms with Gasteiger partial charge in [0.25, 0.3) is 0 Å². The maximum Gasteiger partial charge on any atom is 0.248 e. The molecule has 1 aliphatic rings. The van der Waals surface area contributed by atoms with E-state index in [1.807, 2.05) is 37.3 Å². The first kappa shape index (κ1) is 18.3. The molecule has 6 nitrogen and oxygen atoms in total. The Bertz CT molecular complexity index is 1030. The maximum absolute atomic E-state index is 12.2. The Hall–Kier alpha value is -3.12. The van der Waals surface area contributed by atoms with Crippen LogP contribution in [0, 0.1) is 13.8 Å². The maximum atomic E-state index is 12.2. The van der Waals surface area contributed by atoms with Crippen LogP contribution in [0.2, 0.25) is 0 Å². The Morgan fingerprint density at radius 1 is 1.14 bits per heavy atom. The molecular formula is C22H23N3O3. The van der Waals surface area contributed by atoms with Gasteiger partial charge in [-0.3, -0.25) is 4.79 Å². The van der Waals surface area contributed by atoms with E-state index < -0.39 is 0 Å². The van der Waals surface area contributed by atoms with Crippen molar-refractivity contribution < 1.29 is 13.9 Å². The fourth-order valence-electron chi connectivity index (χ4n) is 3.29. The second-order valence-corrected chi connectivity index (χ2v) is 6.90. The van der Waals surface area contributed by atoms with Crippen molar-refractivity contribution in [3.8, 4) is 0 Å². The molecule has 1 aromatic carbocycles. The smallest absolute Gasteiger partial charge is 0.248 e. The molecule has 4 rings (SSSR count). The van der Waals surface area contributed by atoms with E-state index in [2.05, 4.69) is 23.2 Å². The standard InChI is InChI=1S/C22H23N3O3/c1-15-13-21(25-9-11-27-12-10-25)24-20-7-4-17(14-19(15)20)23-22(26)8-6-18-5-3-16(2)28-18/h3-8,13-14H,9-12H2,1-2H3,(H,23,26). The highest BCUT2D eigenvalue weighted by Crippen LogP contribution is 2.26. The average Bonchev–Trinajstić information content (AvgIpc) is 3.13. The van der Waals surface area contributed by atoms with E-state index >= 15 is 0 Å². The molecule has 0 aliphatic carbocycles. The van der Waals surface area contributed by atoms with Crippen LogP contribution < -0.4 is 10.2 Å². The van der Waals surface area contributed by atoms with Crippen molar-refractivity contribution in [3.63, 3.8) is 0 Å². The van der Waals surface area contributed by atoms with Gasteiger partial charge in [0.05, 0.1) is 18.7 Å². The number of hydrogen-bond donors (Lipinski definition) is 1. The van der Waals surface area contributed by atoms with E-state index in [0.717, 1.165) is 60.0 Å². The molecule has 0 bridgehead atoms. The number of benzene rings is 1. The summed E-state index contributed by atoms with van der Waals surface area (Å²) in [5.41, 5.74) is 2.78. The number of rotatable bonds is 4. The number of carbonyl (C=O) groups is 1. The number of aryl methyl sites for hydroxylation is 2. The van der Waals surface area contributed by atoms with Crippen LogP contribution in [0.25, 0.3) is 17.0 Å². The van der Waals surface area contributed by atoms with Crippen molar-refractivity contribution >= 4 is 34.4 Å². The molecule has 0 saturated carbocycles. The minimum atomic E-state index is -0.205. The number of fused-ring (bicyclic) bond motifs is 1. The lowest BCUT2D eigenvalue weighted by Gasteiger charge is -2.28. The second kappa shape index (κ2) is 7.86. The first-order valence-electron chi connectivity index (χ1n) is 9.38. The Morgan fingerprint density at radius 2 is 1.96 bits per heavy atom. The molecule has 0 radical (unpaired) electrons. The van der Waals surface area contributed by atoms with Gasteiger partial charge in [0.2, 0.25) is 5.91 Å². The first-order valence-corrected chi connectivity index (χ1v) is 9.38. The molecule has 28 heavy (non-hydrogen) atoms. The molecule has 144 valence electrons. The van der Waals surface area contributed by atoms with Crippen LogP contribution in [0.5, 0.6) is 0 Å². The fourth-order valence-corrected chi connectivity index (χ4v) is 3.29. The Labute approximate surface area is 163 Å². The largest absolute Gasteiger partial charge is 0.462 e. The molecule has 1 aliphatic heterocycles. The second-order valence-electron chi connectivity index (χ2n) is 6.90. The van der Waals surface area contributed by atoms with Crippen molar-refractivity contribution in [1.82, 2.24) is 4.98 Å². The minimum Gasteiger partial charge on any atom is -0.462 e. The molecule has 0 atom stereocenters. The van der Waals surface area contributed by atoms with Crippen molar-refractivity contribution in [2.24, 2.45) is 0 Å². The van der Waals surface area contributed by atoms with Gasteiger partial charge in [0.1, 0.15) is 17.3 Å². The topological polar surface area (TPSA) is 67.6 Å². The van der Waals surface area contributed by atoms with Crippen LogP contribution in [0.1, 0.15) is 17.1 Å². The number of carbonyl (C=O) groups excluding carboxylic acids is 1. The molecule has 3 aromatic rings. The summed E-state index contributed by atoms with van der Waals surface area (Å²) >= 11 is 0. The Morgan fingerprint density at radius 3 is 2.71 bits per heavy atom. The lowest BCUT2D eigenvalue weighted by molar-refractivity contribution is -0.111. The third kappa shape index (κ3) is 4.07. The van der Waals surface area contributed by atoms with Gasteiger partial charge < -0.3 is 19.4 Å². The predicted molar refractivity (Wildman–Crippen MR) is 111 cm³/mol. The van der Waals surface area contributed by atoms with Crippen molar-refractivity contribution in [3.05, 3.63) is 59.6 Å². The molecule has 1 saturated heterocycles. The van der Waals surface area contributed by atoms with Crippen LogP contribution >= 0.6 is 0 Å².